The van der Waals surface area contributed by atoms with Gasteiger partial charge in [0.25, 0.3) is 0 Å². The van der Waals surface area contributed by atoms with Gasteiger partial charge >= 0.3 is 0 Å². The number of aromatic nitrogens is 3. The van der Waals surface area contributed by atoms with E-state index in [0.29, 0.717) is 6.04 Å². The number of hydrogen-bond donors (Lipinski definition) is 1. The minimum Gasteiger partial charge on any atom is -0.313 e. The van der Waals surface area contributed by atoms with Crippen molar-refractivity contribution in [3.63, 3.8) is 0 Å². The first-order valence-electron chi connectivity index (χ1n) is 4.94. The molecular formula is C11H14N4. The Labute approximate surface area is 89.0 Å². The Morgan fingerprint density at radius 2 is 2.27 bits per heavy atom. The van der Waals surface area contributed by atoms with Gasteiger partial charge in [0.05, 0.1) is 0 Å². The van der Waals surface area contributed by atoms with Gasteiger partial charge in [-0.2, -0.15) is 5.10 Å². The van der Waals surface area contributed by atoms with Crippen molar-refractivity contribution in [2.24, 2.45) is 0 Å². The molecular weight excluding hydrogens is 188 g/mol. The molecule has 1 unspecified atom stereocenters. The summed E-state index contributed by atoms with van der Waals surface area (Å²) in [5, 5.41) is 7.34. The second-order valence-electron chi connectivity index (χ2n) is 3.41. The van der Waals surface area contributed by atoms with E-state index in [4.69, 9.17) is 0 Å². The third-order valence-electron chi connectivity index (χ3n) is 2.44. The normalized spacial score (nSPS) is 12.7. The summed E-state index contributed by atoms with van der Waals surface area (Å²) in [6.45, 7) is 2.11. The maximum atomic E-state index is 4.27. The topological polar surface area (TPSA) is 42.7 Å². The first-order chi connectivity index (χ1) is 7.31. The molecule has 0 aliphatic carbocycles. The molecule has 0 aromatic carbocycles. The van der Waals surface area contributed by atoms with Crippen molar-refractivity contribution in [2.45, 2.75) is 13.0 Å². The quantitative estimate of drug-likeness (QED) is 0.821. The van der Waals surface area contributed by atoms with Crippen molar-refractivity contribution >= 4 is 0 Å². The first kappa shape index (κ1) is 9.86. The predicted octanol–water partition coefficient (Wildman–Crippen LogP) is 1.55. The zero-order valence-electron chi connectivity index (χ0n) is 8.88. The fraction of sp³-hybridized carbons (Fsp3) is 0.273. The van der Waals surface area contributed by atoms with Gasteiger partial charge in [-0.25, -0.2) is 9.67 Å². The number of nitrogens with zero attached hydrogens (tertiary/aromatic N) is 3. The van der Waals surface area contributed by atoms with Gasteiger partial charge in [0.2, 0.25) is 0 Å². The van der Waals surface area contributed by atoms with Crippen LogP contribution in [0.25, 0.3) is 5.82 Å². The Balaban J connectivity index is 2.35. The van der Waals surface area contributed by atoms with Crippen LogP contribution in [0.4, 0.5) is 0 Å². The molecule has 0 saturated heterocycles. The van der Waals surface area contributed by atoms with Gasteiger partial charge in [0, 0.05) is 24.6 Å². The van der Waals surface area contributed by atoms with Crippen molar-refractivity contribution < 1.29 is 0 Å². The van der Waals surface area contributed by atoms with Crippen molar-refractivity contribution in [3.8, 4) is 5.82 Å². The number of nitrogens with one attached hydrogen (secondary N) is 1. The SMILES string of the molecule is CNC(C)c1ccnc(-n2cccn2)c1. The highest BCUT2D eigenvalue weighted by atomic mass is 15.3. The van der Waals surface area contributed by atoms with Gasteiger partial charge in [0.15, 0.2) is 5.82 Å². The molecule has 0 saturated carbocycles. The lowest BCUT2D eigenvalue weighted by atomic mass is 10.1. The molecule has 2 heterocycles. The molecule has 2 aromatic rings. The van der Waals surface area contributed by atoms with Gasteiger partial charge in [0.1, 0.15) is 0 Å². The molecule has 78 valence electrons. The summed E-state index contributed by atoms with van der Waals surface area (Å²) in [5.74, 6) is 0.847. The lowest BCUT2D eigenvalue weighted by Crippen LogP contribution is -2.13. The largest absolute Gasteiger partial charge is 0.313 e. The lowest BCUT2D eigenvalue weighted by Gasteiger charge is -2.11. The predicted molar refractivity (Wildman–Crippen MR) is 58.8 cm³/mol. The molecule has 1 atom stereocenters. The molecule has 0 fully saturated rings. The van der Waals surface area contributed by atoms with Gasteiger partial charge in [-0.3, -0.25) is 0 Å². The van der Waals surface area contributed by atoms with E-state index < -0.39 is 0 Å². The zero-order chi connectivity index (χ0) is 10.7. The van der Waals surface area contributed by atoms with Crippen molar-refractivity contribution in [1.82, 2.24) is 20.1 Å². The molecule has 0 spiro atoms. The molecule has 1 N–H and O–H groups in total. The number of pyridine rings is 1. The summed E-state index contributed by atoms with van der Waals surface area (Å²) in [5.41, 5.74) is 1.21. The smallest absolute Gasteiger partial charge is 0.153 e. The van der Waals surface area contributed by atoms with E-state index in [-0.39, 0.29) is 0 Å². The maximum absolute atomic E-state index is 4.27. The molecule has 0 amide bonds. The third kappa shape index (κ3) is 2.05. The van der Waals surface area contributed by atoms with Crippen LogP contribution in [-0.2, 0) is 0 Å². The van der Waals surface area contributed by atoms with Crippen molar-refractivity contribution in [3.05, 3.63) is 42.4 Å². The Hall–Kier alpha value is -1.68. The summed E-state index contributed by atoms with van der Waals surface area (Å²) in [4.78, 5) is 4.27. The highest BCUT2D eigenvalue weighted by molar-refractivity contribution is 5.28. The molecule has 0 aliphatic heterocycles. The van der Waals surface area contributed by atoms with E-state index in [1.807, 2.05) is 31.4 Å². The summed E-state index contributed by atoms with van der Waals surface area (Å²) < 4.78 is 1.76. The lowest BCUT2D eigenvalue weighted by molar-refractivity contribution is 0.649. The molecule has 0 bridgehead atoms. The highest BCUT2D eigenvalue weighted by Gasteiger charge is 2.04. The summed E-state index contributed by atoms with van der Waals surface area (Å²) in [6.07, 6.45) is 5.44. The van der Waals surface area contributed by atoms with Crippen LogP contribution in [0.2, 0.25) is 0 Å². The van der Waals surface area contributed by atoms with Crippen LogP contribution in [0.15, 0.2) is 36.8 Å². The van der Waals surface area contributed by atoms with Crippen LogP contribution in [0.5, 0.6) is 0 Å². The van der Waals surface area contributed by atoms with E-state index in [1.54, 1.807) is 17.1 Å². The number of hydrogen-bond acceptors (Lipinski definition) is 3. The van der Waals surface area contributed by atoms with Crippen LogP contribution in [0.1, 0.15) is 18.5 Å². The van der Waals surface area contributed by atoms with Gasteiger partial charge in [-0.1, -0.05) is 0 Å². The molecule has 4 heteroatoms. The van der Waals surface area contributed by atoms with E-state index in [9.17, 15) is 0 Å². The maximum Gasteiger partial charge on any atom is 0.153 e. The fourth-order valence-electron chi connectivity index (χ4n) is 1.40. The molecule has 2 rings (SSSR count). The molecule has 0 radical (unpaired) electrons. The highest BCUT2D eigenvalue weighted by Crippen LogP contribution is 2.13. The minimum atomic E-state index is 0.322. The second-order valence-corrected chi connectivity index (χ2v) is 3.41. The van der Waals surface area contributed by atoms with Crippen LogP contribution in [-0.4, -0.2) is 21.8 Å². The molecule has 4 nitrogen and oxygen atoms in total. The Morgan fingerprint density at radius 3 is 2.93 bits per heavy atom. The Kier molecular flexibility index (Phi) is 2.78. The van der Waals surface area contributed by atoms with E-state index in [0.717, 1.165) is 5.82 Å². The monoisotopic (exact) mass is 202 g/mol. The standard InChI is InChI=1S/C11H14N4/c1-9(12-2)10-4-6-13-11(8-10)15-7-3-5-14-15/h3-9,12H,1-2H3. The minimum absolute atomic E-state index is 0.322. The van der Waals surface area contributed by atoms with Crippen LogP contribution in [0.3, 0.4) is 0 Å². The van der Waals surface area contributed by atoms with E-state index in [2.05, 4.69) is 22.3 Å². The summed E-state index contributed by atoms with van der Waals surface area (Å²) in [6, 6.07) is 6.25. The first-order valence-corrected chi connectivity index (χ1v) is 4.94. The molecule has 2 aromatic heterocycles. The zero-order valence-corrected chi connectivity index (χ0v) is 8.88. The van der Waals surface area contributed by atoms with Crippen LogP contribution >= 0.6 is 0 Å². The van der Waals surface area contributed by atoms with E-state index in [1.165, 1.54) is 5.56 Å². The van der Waals surface area contributed by atoms with Crippen LogP contribution < -0.4 is 5.32 Å². The van der Waals surface area contributed by atoms with Crippen molar-refractivity contribution in [2.75, 3.05) is 7.05 Å². The van der Waals surface area contributed by atoms with Gasteiger partial charge in [-0.05, 0) is 37.7 Å². The van der Waals surface area contributed by atoms with E-state index >= 15 is 0 Å². The third-order valence-corrected chi connectivity index (χ3v) is 2.44. The molecule has 0 aliphatic rings. The van der Waals surface area contributed by atoms with Gasteiger partial charge in [-0.15, -0.1) is 0 Å². The Morgan fingerprint density at radius 1 is 1.40 bits per heavy atom. The average Bonchev–Trinajstić information content (AvgIpc) is 2.82. The van der Waals surface area contributed by atoms with Crippen molar-refractivity contribution in [1.29, 1.82) is 0 Å². The fourth-order valence-corrected chi connectivity index (χ4v) is 1.40. The van der Waals surface area contributed by atoms with Crippen LogP contribution in [0, 0.1) is 0 Å². The summed E-state index contributed by atoms with van der Waals surface area (Å²) >= 11 is 0. The summed E-state index contributed by atoms with van der Waals surface area (Å²) in [7, 11) is 1.94. The second kappa shape index (κ2) is 4.23. The Bertz CT molecular complexity index is 422. The average molecular weight is 202 g/mol. The van der Waals surface area contributed by atoms with Gasteiger partial charge < -0.3 is 5.32 Å². The number of rotatable bonds is 3. The molecule has 15 heavy (non-hydrogen) atoms.